The molecule has 0 aromatic heterocycles. The SMILES string of the molecule is CC(O)(C(=O)Nc1ccc(S(=O)(=O)c2ccc(OCC(N)=O)cc2)cc1Cl)C(F)(F)F. The van der Waals surface area contributed by atoms with Crippen LogP contribution in [0.25, 0.3) is 0 Å². The Bertz CT molecular complexity index is 1100. The molecule has 1 unspecified atom stereocenters. The van der Waals surface area contributed by atoms with E-state index in [1.807, 2.05) is 5.32 Å². The molecule has 31 heavy (non-hydrogen) atoms. The zero-order chi connectivity index (χ0) is 23.6. The number of alkyl halides is 3. The van der Waals surface area contributed by atoms with E-state index in [0.29, 0.717) is 0 Å². The van der Waals surface area contributed by atoms with Crippen LogP contribution in [0, 0.1) is 0 Å². The van der Waals surface area contributed by atoms with E-state index >= 15 is 0 Å². The van der Waals surface area contributed by atoms with Gasteiger partial charge in [0.25, 0.3) is 11.8 Å². The Kier molecular flexibility index (Phi) is 6.88. The molecule has 2 rings (SSSR count). The van der Waals surface area contributed by atoms with Gasteiger partial charge in [-0.25, -0.2) is 8.42 Å². The van der Waals surface area contributed by atoms with Crippen molar-refractivity contribution in [3.05, 3.63) is 47.5 Å². The number of carbonyl (C=O) groups is 2. The number of sulfone groups is 1. The standard InChI is InChI=1S/C18H16ClF3N2O6S/c1-17(27,18(20,21)22)16(26)24-14-7-6-12(8-13(14)19)31(28,29)11-4-2-10(3-5-11)30-9-15(23)25/h2-8,27H,9H2,1H3,(H2,23,25)(H,24,26). The molecule has 0 saturated carbocycles. The molecule has 0 aliphatic heterocycles. The number of hydrogen-bond donors (Lipinski definition) is 3. The Morgan fingerprint density at radius 1 is 1.13 bits per heavy atom. The Morgan fingerprint density at radius 2 is 1.68 bits per heavy atom. The van der Waals surface area contributed by atoms with E-state index in [9.17, 15) is 36.3 Å². The molecule has 0 spiro atoms. The molecule has 13 heteroatoms. The first-order valence-electron chi connectivity index (χ1n) is 8.32. The molecule has 0 saturated heterocycles. The van der Waals surface area contributed by atoms with Crippen molar-refractivity contribution in [2.24, 2.45) is 5.73 Å². The highest BCUT2D eigenvalue weighted by atomic mass is 35.5. The number of anilines is 1. The molecule has 1 atom stereocenters. The highest BCUT2D eigenvalue weighted by molar-refractivity contribution is 7.91. The number of rotatable bonds is 7. The van der Waals surface area contributed by atoms with Crippen molar-refractivity contribution >= 4 is 38.9 Å². The van der Waals surface area contributed by atoms with E-state index in [1.165, 1.54) is 24.3 Å². The quantitative estimate of drug-likeness (QED) is 0.556. The third-order valence-electron chi connectivity index (χ3n) is 4.01. The second-order valence-corrected chi connectivity index (χ2v) is 8.75. The number of carbonyl (C=O) groups excluding carboxylic acids is 2. The highest BCUT2D eigenvalue weighted by Gasteiger charge is 2.55. The first-order valence-corrected chi connectivity index (χ1v) is 10.2. The maximum absolute atomic E-state index is 12.8. The lowest BCUT2D eigenvalue weighted by Crippen LogP contribution is -2.52. The van der Waals surface area contributed by atoms with Crippen molar-refractivity contribution in [3.63, 3.8) is 0 Å². The zero-order valence-corrected chi connectivity index (χ0v) is 17.3. The molecule has 0 bridgehead atoms. The lowest BCUT2D eigenvalue weighted by molar-refractivity contribution is -0.242. The van der Waals surface area contributed by atoms with E-state index in [2.05, 4.69) is 0 Å². The molecule has 168 valence electrons. The second kappa shape index (κ2) is 8.73. The van der Waals surface area contributed by atoms with Gasteiger partial charge >= 0.3 is 6.18 Å². The molecule has 2 aromatic rings. The van der Waals surface area contributed by atoms with Gasteiger partial charge in [0.1, 0.15) is 5.75 Å². The first-order chi connectivity index (χ1) is 14.2. The summed E-state index contributed by atoms with van der Waals surface area (Å²) in [6.45, 7) is -0.123. The van der Waals surface area contributed by atoms with Crippen LogP contribution in [-0.2, 0) is 19.4 Å². The van der Waals surface area contributed by atoms with Gasteiger partial charge in [0, 0.05) is 0 Å². The average molecular weight is 481 g/mol. The largest absolute Gasteiger partial charge is 0.484 e. The van der Waals surface area contributed by atoms with Crippen LogP contribution in [0.15, 0.2) is 52.3 Å². The summed E-state index contributed by atoms with van der Waals surface area (Å²) in [5.74, 6) is -2.30. The van der Waals surface area contributed by atoms with Crippen molar-refractivity contribution in [1.29, 1.82) is 0 Å². The number of amides is 2. The van der Waals surface area contributed by atoms with Crippen LogP contribution in [0.2, 0.25) is 5.02 Å². The van der Waals surface area contributed by atoms with Crippen LogP contribution in [0.4, 0.5) is 18.9 Å². The van der Waals surface area contributed by atoms with Gasteiger partial charge in [0.15, 0.2) is 6.61 Å². The fourth-order valence-electron chi connectivity index (χ4n) is 2.14. The van der Waals surface area contributed by atoms with Gasteiger partial charge in [-0.1, -0.05) is 11.6 Å². The molecule has 0 heterocycles. The molecule has 8 nitrogen and oxygen atoms in total. The van der Waals surface area contributed by atoms with Crippen LogP contribution in [0.3, 0.4) is 0 Å². The van der Waals surface area contributed by atoms with Gasteiger partial charge in [-0.05, 0) is 49.4 Å². The maximum Gasteiger partial charge on any atom is 0.426 e. The maximum atomic E-state index is 12.8. The molecular formula is C18H16ClF3N2O6S. The lowest BCUT2D eigenvalue weighted by atomic mass is 10.1. The number of halogens is 4. The minimum absolute atomic E-state index is 0.160. The normalized spacial score (nSPS) is 13.9. The van der Waals surface area contributed by atoms with Crippen LogP contribution in [0.1, 0.15) is 6.92 Å². The Balaban J connectivity index is 2.25. The Morgan fingerprint density at radius 3 is 2.16 bits per heavy atom. The summed E-state index contributed by atoms with van der Waals surface area (Å²) in [4.78, 5) is 22.0. The fourth-order valence-corrected chi connectivity index (χ4v) is 3.72. The molecule has 0 aliphatic carbocycles. The van der Waals surface area contributed by atoms with Crippen molar-refractivity contribution < 1.29 is 41.0 Å². The van der Waals surface area contributed by atoms with E-state index < -0.39 is 40.0 Å². The zero-order valence-electron chi connectivity index (χ0n) is 15.7. The number of ether oxygens (including phenoxy) is 1. The lowest BCUT2D eigenvalue weighted by Gasteiger charge is -2.25. The van der Waals surface area contributed by atoms with Gasteiger partial charge < -0.3 is 20.9 Å². The van der Waals surface area contributed by atoms with Crippen molar-refractivity contribution in [3.8, 4) is 5.75 Å². The van der Waals surface area contributed by atoms with E-state index in [0.717, 1.165) is 18.2 Å². The molecule has 0 radical (unpaired) electrons. The molecular weight excluding hydrogens is 465 g/mol. The Labute approximate surface area is 179 Å². The number of nitrogens with two attached hydrogens (primary N) is 1. The molecule has 4 N–H and O–H groups in total. The minimum atomic E-state index is -5.24. The van der Waals surface area contributed by atoms with Crippen molar-refractivity contribution in [1.82, 2.24) is 0 Å². The summed E-state index contributed by atoms with van der Waals surface area (Å²) in [5, 5.41) is 10.8. The van der Waals surface area contributed by atoms with E-state index in [1.54, 1.807) is 0 Å². The number of benzene rings is 2. The number of hydrogen-bond acceptors (Lipinski definition) is 6. The van der Waals surface area contributed by atoms with Gasteiger partial charge in [0.2, 0.25) is 15.4 Å². The summed E-state index contributed by atoms with van der Waals surface area (Å²) in [6, 6.07) is 7.95. The minimum Gasteiger partial charge on any atom is -0.484 e. The van der Waals surface area contributed by atoms with Gasteiger partial charge in [-0.3, -0.25) is 9.59 Å². The topological polar surface area (TPSA) is 136 Å². The monoisotopic (exact) mass is 480 g/mol. The van der Waals surface area contributed by atoms with Gasteiger partial charge in [-0.2, -0.15) is 13.2 Å². The third-order valence-corrected chi connectivity index (χ3v) is 6.09. The van der Waals surface area contributed by atoms with Crippen LogP contribution in [0.5, 0.6) is 5.75 Å². The summed E-state index contributed by atoms with van der Waals surface area (Å²) in [5.41, 5.74) is 0.939. The molecule has 2 aromatic carbocycles. The molecule has 2 amide bonds. The predicted octanol–water partition coefficient (Wildman–Crippen LogP) is 2.29. The number of primary amides is 1. The Hall–Kier alpha value is -2.83. The van der Waals surface area contributed by atoms with Crippen molar-refractivity contribution in [2.75, 3.05) is 11.9 Å². The van der Waals surface area contributed by atoms with Gasteiger partial charge in [0.05, 0.1) is 20.5 Å². The fraction of sp³-hybridized carbons (Fsp3) is 0.222. The summed E-state index contributed by atoms with van der Waals surface area (Å²) < 4.78 is 68.8. The summed E-state index contributed by atoms with van der Waals surface area (Å²) >= 11 is 5.92. The average Bonchev–Trinajstić information content (AvgIpc) is 2.67. The number of nitrogens with one attached hydrogen (secondary N) is 1. The van der Waals surface area contributed by atoms with Gasteiger partial charge in [-0.15, -0.1) is 0 Å². The smallest absolute Gasteiger partial charge is 0.426 e. The first kappa shape index (κ1) is 24.4. The molecule has 0 aliphatic rings. The summed E-state index contributed by atoms with van der Waals surface area (Å²) in [6.07, 6.45) is -5.24. The van der Waals surface area contributed by atoms with Crippen LogP contribution in [-0.4, -0.2) is 43.7 Å². The van der Waals surface area contributed by atoms with Crippen LogP contribution >= 0.6 is 11.6 Å². The summed E-state index contributed by atoms with van der Waals surface area (Å²) in [7, 11) is -4.08. The molecule has 0 fully saturated rings. The highest BCUT2D eigenvalue weighted by Crippen LogP contribution is 2.33. The van der Waals surface area contributed by atoms with Crippen molar-refractivity contribution in [2.45, 2.75) is 28.5 Å². The predicted molar refractivity (Wildman–Crippen MR) is 103 cm³/mol. The third kappa shape index (κ3) is 5.46. The van der Waals surface area contributed by atoms with Crippen LogP contribution < -0.4 is 15.8 Å². The van der Waals surface area contributed by atoms with E-state index in [4.69, 9.17) is 22.1 Å². The number of aliphatic hydroxyl groups is 1. The van der Waals surface area contributed by atoms with E-state index in [-0.39, 0.29) is 33.2 Å². The second-order valence-electron chi connectivity index (χ2n) is 6.40.